The maximum atomic E-state index is 12.6. The number of alkyl halides is 1. The molecule has 0 fully saturated rings. The lowest BCUT2D eigenvalue weighted by Crippen LogP contribution is -1.96. The van der Waals surface area contributed by atoms with E-state index in [1.165, 1.54) is 0 Å². The molecule has 0 bridgehead atoms. The molecule has 0 unspecified atom stereocenters. The van der Waals surface area contributed by atoms with Crippen LogP contribution in [0.3, 0.4) is 0 Å². The van der Waals surface area contributed by atoms with Gasteiger partial charge in [0.25, 0.3) is 0 Å². The zero-order chi connectivity index (χ0) is 9.26. The van der Waals surface area contributed by atoms with E-state index in [1.807, 2.05) is 0 Å². The van der Waals surface area contributed by atoms with Crippen molar-refractivity contribution in [3.8, 4) is 11.5 Å². The smallest absolute Gasteiger partial charge is 0.231 e. The summed E-state index contributed by atoms with van der Waals surface area (Å²) in [5.74, 6) is 0.971. The molecule has 1 heterocycles. The number of aliphatic hydroxyl groups is 1. The van der Waals surface area contributed by atoms with Crippen molar-refractivity contribution in [2.75, 3.05) is 6.79 Å². The van der Waals surface area contributed by atoms with Crippen molar-refractivity contribution in [1.82, 2.24) is 0 Å². The van der Waals surface area contributed by atoms with Crippen molar-refractivity contribution in [3.63, 3.8) is 0 Å². The van der Waals surface area contributed by atoms with Crippen molar-refractivity contribution in [2.45, 2.75) is 13.3 Å². The zero-order valence-corrected chi connectivity index (χ0v) is 6.92. The Morgan fingerprint density at radius 3 is 2.92 bits per heavy atom. The van der Waals surface area contributed by atoms with E-state index in [2.05, 4.69) is 0 Å². The standard InChI is InChI=1S/C9H9FO3/c10-3-7-6(4-11)1-2-8-9(7)13-5-12-8/h1-2,11H,3-5H2. The highest BCUT2D eigenvalue weighted by Crippen LogP contribution is 2.37. The molecule has 0 aliphatic carbocycles. The molecule has 0 radical (unpaired) electrons. The van der Waals surface area contributed by atoms with Crippen LogP contribution in [-0.2, 0) is 13.3 Å². The summed E-state index contributed by atoms with van der Waals surface area (Å²) in [5, 5.41) is 8.92. The van der Waals surface area contributed by atoms with E-state index in [-0.39, 0.29) is 13.4 Å². The Balaban J connectivity index is 2.53. The average molecular weight is 184 g/mol. The molecule has 1 aromatic rings. The second kappa shape index (κ2) is 3.22. The SMILES string of the molecule is OCc1ccc2c(c1CF)OCO2. The van der Waals surface area contributed by atoms with Gasteiger partial charge in [0.1, 0.15) is 6.67 Å². The van der Waals surface area contributed by atoms with E-state index in [0.717, 1.165) is 0 Å². The van der Waals surface area contributed by atoms with Crippen LogP contribution in [0.5, 0.6) is 11.5 Å². The number of hydrogen-bond donors (Lipinski definition) is 1. The van der Waals surface area contributed by atoms with Gasteiger partial charge in [-0.05, 0) is 11.6 Å². The van der Waals surface area contributed by atoms with Gasteiger partial charge in [0.15, 0.2) is 11.5 Å². The summed E-state index contributed by atoms with van der Waals surface area (Å²) in [6.07, 6.45) is 0. The molecule has 3 nitrogen and oxygen atoms in total. The lowest BCUT2D eigenvalue weighted by molar-refractivity contribution is 0.172. The molecule has 1 aliphatic rings. The van der Waals surface area contributed by atoms with Gasteiger partial charge in [-0.2, -0.15) is 0 Å². The quantitative estimate of drug-likeness (QED) is 0.754. The van der Waals surface area contributed by atoms with Crippen LogP contribution in [0.15, 0.2) is 12.1 Å². The Bertz CT molecular complexity index is 325. The minimum absolute atomic E-state index is 0.122. The first-order valence-corrected chi connectivity index (χ1v) is 3.94. The molecular weight excluding hydrogens is 175 g/mol. The maximum Gasteiger partial charge on any atom is 0.231 e. The number of aliphatic hydroxyl groups excluding tert-OH is 1. The van der Waals surface area contributed by atoms with Gasteiger partial charge in [-0.15, -0.1) is 0 Å². The molecule has 4 heteroatoms. The molecular formula is C9H9FO3. The van der Waals surface area contributed by atoms with Crippen molar-refractivity contribution >= 4 is 0 Å². The molecule has 0 saturated carbocycles. The van der Waals surface area contributed by atoms with Gasteiger partial charge in [0.05, 0.1) is 6.61 Å². The summed E-state index contributed by atoms with van der Waals surface area (Å²) in [7, 11) is 0. The van der Waals surface area contributed by atoms with Gasteiger partial charge in [-0.25, -0.2) is 4.39 Å². The fourth-order valence-electron chi connectivity index (χ4n) is 1.37. The number of benzene rings is 1. The minimum atomic E-state index is -0.650. The van der Waals surface area contributed by atoms with Crippen molar-refractivity contribution in [2.24, 2.45) is 0 Å². The third kappa shape index (κ3) is 1.23. The van der Waals surface area contributed by atoms with Crippen LogP contribution >= 0.6 is 0 Å². The normalized spacial score (nSPS) is 13.4. The van der Waals surface area contributed by atoms with E-state index in [1.54, 1.807) is 12.1 Å². The van der Waals surface area contributed by atoms with E-state index in [4.69, 9.17) is 14.6 Å². The predicted molar refractivity (Wildman–Crippen MR) is 43.3 cm³/mol. The van der Waals surface area contributed by atoms with Crippen LogP contribution in [0.1, 0.15) is 11.1 Å². The summed E-state index contributed by atoms with van der Waals surface area (Å²) in [5.41, 5.74) is 0.934. The Labute approximate surface area is 74.7 Å². The highest BCUT2D eigenvalue weighted by molar-refractivity contribution is 5.51. The average Bonchev–Trinajstić information content (AvgIpc) is 2.63. The Hall–Kier alpha value is -1.29. The molecule has 2 rings (SSSR count). The molecule has 0 saturated heterocycles. The fourth-order valence-corrected chi connectivity index (χ4v) is 1.37. The van der Waals surface area contributed by atoms with Crippen LogP contribution < -0.4 is 9.47 Å². The number of halogens is 1. The third-order valence-corrected chi connectivity index (χ3v) is 2.04. The van der Waals surface area contributed by atoms with Gasteiger partial charge < -0.3 is 14.6 Å². The number of fused-ring (bicyclic) bond motifs is 1. The van der Waals surface area contributed by atoms with Crippen LogP contribution in [0.2, 0.25) is 0 Å². The van der Waals surface area contributed by atoms with Crippen molar-refractivity contribution < 1.29 is 19.0 Å². The molecule has 70 valence electrons. The topological polar surface area (TPSA) is 38.7 Å². The second-order valence-electron chi connectivity index (χ2n) is 2.73. The lowest BCUT2D eigenvalue weighted by atomic mass is 10.1. The van der Waals surface area contributed by atoms with Gasteiger partial charge in [0, 0.05) is 5.56 Å². The molecule has 0 amide bonds. The number of rotatable bonds is 2. The molecule has 1 aromatic carbocycles. The van der Waals surface area contributed by atoms with Crippen LogP contribution in [0.4, 0.5) is 4.39 Å². The highest BCUT2D eigenvalue weighted by atomic mass is 19.1. The molecule has 13 heavy (non-hydrogen) atoms. The van der Waals surface area contributed by atoms with Gasteiger partial charge in [-0.1, -0.05) is 6.07 Å². The monoisotopic (exact) mass is 184 g/mol. The fraction of sp³-hybridized carbons (Fsp3) is 0.333. The molecule has 0 spiro atoms. The molecule has 1 aliphatic heterocycles. The first-order valence-electron chi connectivity index (χ1n) is 3.94. The second-order valence-corrected chi connectivity index (χ2v) is 2.73. The van der Waals surface area contributed by atoms with Gasteiger partial charge in [0.2, 0.25) is 6.79 Å². The first kappa shape index (κ1) is 8.31. The first-order chi connectivity index (χ1) is 6.36. The molecule has 0 aromatic heterocycles. The molecule has 0 atom stereocenters. The summed E-state index contributed by atoms with van der Waals surface area (Å²) in [4.78, 5) is 0. The van der Waals surface area contributed by atoms with Crippen molar-refractivity contribution in [1.29, 1.82) is 0 Å². The minimum Gasteiger partial charge on any atom is -0.454 e. The lowest BCUT2D eigenvalue weighted by Gasteiger charge is -2.06. The Morgan fingerprint density at radius 1 is 1.38 bits per heavy atom. The Kier molecular flexibility index (Phi) is 2.06. The summed E-state index contributed by atoms with van der Waals surface area (Å²) < 4.78 is 22.7. The highest BCUT2D eigenvalue weighted by Gasteiger charge is 2.19. The van der Waals surface area contributed by atoms with Crippen molar-refractivity contribution in [3.05, 3.63) is 23.3 Å². The van der Waals surface area contributed by atoms with E-state index < -0.39 is 6.67 Å². The van der Waals surface area contributed by atoms with Gasteiger partial charge in [-0.3, -0.25) is 0 Å². The van der Waals surface area contributed by atoms with E-state index >= 15 is 0 Å². The van der Waals surface area contributed by atoms with Crippen LogP contribution in [0, 0.1) is 0 Å². The van der Waals surface area contributed by atoms with E-state index in [0.29, 0.717) is 22.6 Å². The maximum absolute atomic E-state index is 12.6. The van der Waals surface area contributed by atoms with Crippen LogP contribution in [-0.4, -0.2) is 11.9 Å². The summed E-state index contributed by atoms with van der Waals surface area (Å²) in [6.45, 7) is -0.713. The largest absolute Gasteiger partial charge is 0.454 e. The summed E-state index contributed by atoms with van der Waals surface area (Å²) in [6, 6.07) is 3.31. The van der Waals surface area contributed by atoms with E-state index in [9.17, 15) is 4.39 Å². The van der Waals surface area contributed by atoms with Gasteiger partial charge >= 0.3 is 0 Å². The third-order valence-electron chi connectivity index (χ3n) is 2.04. The Morgan fingerprint density at radius 2 is 2.23 bits per heavy atom. The number of hydrogen-bond acceptors (Lipinski definition) is 3. The van der Waals surface area contributed by atoms with Crippen LogP contribution in [0.25, 0.3) is 0 Å². The number of ether oxygens (including phenoxy) is 2. The zero-order valence-electron chi connectivity index (χ0n) is 6.92. The predicted octanol–water partition coefficient (Wildman–Crippen LogP) is 1.38. The summed E-state index contributed by atoms with van der Waals surface area (Å²) >= 11 is 0. The molecule has 1 N–H and O–H groups in total.